The molecule has 0 radical (unpaired) electrons. The van der Waals surface area contributed by atoms with Gasteiger partial charge in [-0.2, -0.15) is 0 Å². The fraction of sp³-hybridized carbons (Fsp3) is 0.235. The highest BCUT2D eigenvalue weighted by Gasteiger charge is 2.19. The molecule has 6 nitrogen and oxygen atoms in total. The van der Waals surface area contributed by atoms with Crippen LogP contribution in [0.25, 0.3) is 0 Å². The summed E-state index contributed by atoms with van der Waals surface area (Å²) in [4.78, 5) is 21.7. The van der Waals surface area contributed by atoms with Gasteiger partial charge in [-0.25, -0.2) is 0 Å². The second-order valence-electron chi connectivity index (χ2n) is 5.01. The number of rotatable bonds is 6. The van der Waals surface area contributed by atoms with Gasteiger partial charge in [-0.3, -0.25) is 14.9 Å². The van der Waals surface area contributed by atoms with Crippen LogP contribution in [0.1, 0.15) is 25.8 Å². The lowest BCUT2D eigenvalue weighted by Gasteiger charge is -2.16. The van der Waals surface area contributed by atoms with E-state index in [2.05, 4.69) is 0 Å². The van der Waals surface area contributed by atoms with Crippen molar-refractivity contribution < 1.29 is 19.2 Å². The molecule has 2 aromatic carbocycles. The lowest BCUT2D eigenvalue weighted by molar-refractivity contribution is -0.384. The Bertz CT molecular complexity index is 806. The predicted octanol–water partition coefficient (Wildman–Crippen LogP) is 5.57. The molecule has 132 valence electrons. The van der Waals surface area contributed by atoms with Crippen molar-refractivity contribution in [3.8, 4) is 17.2 Å². The second kappa shape index (κ2) is 8.18. The molecule has 0 bridgehead atoms. The first kappa shape index (κ1) is 19.0. The maximum absolute atomic E-state index is 11.5. The first-order valence-electron chi connectivity index (χ1n) is 7.51. The number of carbonyl (C=O) groups excluding carboxylic acids is 1. The minimum absolute atomic E-state index is 0.0550. The minimum atomic E-state index is -0.504. The molecule has 2 rings (SSSR count). The molecular formula is C17H15Cl2NO5. The summed E-state index contributed by atoms with van der Waals surface area (Å²) in [5.74, 6) is 0.436. The number of ether oxygens (including phenoxy) is 2. The molecule has 0 saturated carbocycles. The highest BCUT2D eigenvalue weighted by molar-refractivity contribution is 6.38. The standard InChI is InChI=1S/C17H15Cl2NO5/c1-3-12-14(25-15(21)4-2)9-13(18)17(16(12)19)24-11-7-5-10(6-8-11)20(22)23/h5-9H,3-4H2,1-2H3. The third kappa shape index (κ3) is 4.41. The van der Waals surface area contributed by atoms with Crippen LogP contribution in [0.2, 0.25) is 10.0 Å². The van der Waals surface area contributed by atoms with Crippen molar-refractivity contribution in [2.75, 3.05) is 0 Å². The number of halogens is 2. The van der Waals surface area contributed by atoms with Gasteiger partial charge in [0.1, 0.15) is 11.5 Å². The van der Waals surface area contributed by atoms with Crippen molar-refractivity contribution in [2.45, 2.75) is 26.7 Å². The summed E-state index contributed by atoms with van der Waals surface area (Å²) < 4.78 is 10.9. The highest BCUT2D eigenvalue weighted by atomic mass is 35.5. The van der Waals surface area contributed by atoms with Crippen LogP contribution in [0.15, 0.2) is 30.3 Å². The summed E-state index contributed by atoms with van der Waals surface area (Å²) in [5.41, 5.74) is 0.533. The topological polar surface area (TPSA) is 78.7 Å². The molecule has 0 atom stereocenters. The lowest BCUT2D eigenvalue weighted by atomic mass is 10.1. The summed E-state index contributed by atoms with van der Waals surface area (Å²) in [6.07, 6.45) is 0.721. The molecule has 0 amide bonds. The van der Waals surface area contributed by atoms with E-state index in [1.54, 1.807) is 6.92 Å². The smallest absolute Gasteiger partial charge is 0.310 e. The molecule has 0 heterocycles. The van der Waals surface area contributed by atoms with E-state index in [9.17, 15) is 14.9 Å². The SMILES string of the molecule is CCC(=O)Oc1cc(Cl)c(Oc2ccc([N+](=O)[O-])cc2)c(Cl)c1CC. The molecule has 0 aromatic heterocycles. The Morgan fingerprint density at radius 1 is 1.20 bits per heavy atom. The van der Waals surface area contributed by atoms with Crippen LogP contribution >= 0.6 is 23.2 Å². The third-order valence-electron chi connectivity index (χ3n) is 3.37. The van der Waals surface area contributed by atoms with Crippen molar-refractivity contribution in [2.24, 2.45) is 0 Å². The zero-order chi connectivity index (χ0) is 18.6. The summed E-state index contributed by atoms with van der Waals surface area (Å²) in [6, 6.07) is 6.99. The predicted molar refractivity (Wildman–Crippen MR) is 94.9 cm³/mol. The van der Waals surface area contributed by atoms with E-state index in [0.29, 0.717) is 23.5 Å². The Morgan fingerprint density at radius 2 is 1.84 bits per heavy atom. The Hall–Kier alpha value is -2.31. The molecule has 0 N–H and O–H groups in total. The largest absolute Gasteiger partial charge is 0.454 e. The van der Waals surface area contributed by atoms with Crippen LogP contribution in [-0.4, -0.2) is 10.9 Å². The minimum Gasteiger partial charge on any atom is -0.454 e. The fourth-order valence-corrected chi connectivity index (χ4v) is 2.73. The van der Waals surface area contributed by atoms with Crippen molar-refractivity contribution >= 4 is 34.9 Å². The number of benzene rings is 2. The highest BCUT2D eigenvalue weighted by Crippen LogP contribution is 2.43. The summed E-state index contributed by atoms with van der Waals surface area (Å²) >= 11 is 12.6. The van der Waals surface area contributed by atoms with Crippen molar-refractivity contribution in [1.82, 2.24) is 0 Å². The van der Waals surface area contributed by atoms with Gasteiger partial charge in [-0.1, -0.05) is 37.0 Å². The van der Waals surface area contributed by atoms with E-state index in [4.69, 9.17) is 32.7 Å². The van der Waals surface area contributed by atoms with Gasteiger partial charge in [-0.05, 0) is 18.6 Å². The molecule has 25 heavy (non-hydrogen) atoms. The Kier molecular flexibility index (Phi) is 6.22. The van der Waals surface area contributed by atoms with E-state index in [1.807, 2.05) is 6.92 Å². The van der Waals surface area contributed by atoms with E-state index in [-0.39, 0.29) is 27.9 Å². The van der Waals surface area contributed by atoms with Crippen LogP contribution in [0, 0.1) is 10.1 Å². The Labute approximate surface area is 154 Å². The Morgan fingerprint density at radius 3 is 2.36 bits per heavy atom. The normalized spacial score (nSPS) is 10.4. The van der Waals surface area contributed by atoms with Crippen LogP contribution in [0.3, 0.4) is 0 Å². The lowest BCUT2D eigenvalue weighted by Crippen LogP contribution is -2.08. The number of nitrogens with zero attached hydrogens (tertiary/aromatic N) is 1. The molecule has 0 unspecified atom stereocenters. The third-order valence-corrected chi connectivity index (χ3v) is 4.05. The first-order valence-corrected chi connectivity index (χ1v) is 8.26. The zero-order valence-electron chi connectivity index (χ0n) is 13.5. The van der Waals surface area contributed by atoms with E-state index < -0.39 is 10.9 Å². The molecule has 0 aliphatic carbocycles. The second-order valence-corrected chi connectivity index (χ2v) is 5.80. The van der Waals surface area contributed by atoms with Crippen molar-refractivity contribution in [3.05, 3.63) is 56.1 Å². The maximum Gasteiger partial charge on any atom is 0.310 e. The molecule has 0 fully saturated rings. The molecular weight excluding hydrogens is 369 g/mol. The number of non-ortho nitro benzene ring substituents is 1. The van der Waals surface area contributed by atoms with Gasteiger partial charge >= 0.3 is 5.97 Å². The number of nitro benzene ring substituents is 1. The van der Waals surface area contributed by atoms with E-state index in [1.165, 1.54) is 30.3 Å². The molecule has 0 saturated heterocycles. The quantitative estimate of drug-likeness (QED) is 0.282. The average Bonchev–Trinajstić information content (AvgIpc) is 2.59. The van der Waals surface area contributed by atoms with E-state index >= 15 is 0 Å². The first-order chi connectivity index (χ1) is 11.9. The molecule has 0 aliphatic rings. The average molecular weight is 384 g/mol. The maximum atomic E-state index is 11.5. The number of carbonyl (C=O) groups is 1. The number of hydrogen-bond donors (Lipinski definition) is 0. The van der Waals surface area contributed by atoms with Crippen LogP contribution in [-0.2, 0) is 11.2 Å². The molecule has 2 aromatic rings. The molecule has 8 heteroatoms. The van der Waals surface area contributed by atoms with Gasteiger partial charge in [0.15, 0.2) is 5.75 Å². The van der Waals surface area contributed by atoms with Gasteiger partial charge in [0, 0.05) is 30.2 Å². The van der Waals surface area contributed by atoms with Crippen LogP contribution in [0.4, 0.5) is 5.69 Å². The van der Waals surface area contributed by atoms with Gasteiger partial charge in [0.2, 0.25) is 0 Å². The number of hydrogen-bond acceptors (Lipinski definition) is 5. The summed E-state index contributed by atoms with van der Waals surface area (Å²) in [7, 11) is 0. The van der Waals surface area contributed by atoms with Crippen molar-refractivity contribution in [3.63, 3.8) is 0 Å². The van der Waals surface area contributed by atoms with Gasteiger partial charge in [0.25, 0.3) is 5.69 Å². The van der Waals surface area contributed by atoms with Crippen molar-refractivity contribution in [1.29, 1.82) is 0 Å². The van der Waals surface area contributed by atoms with E-state index in [0.717, 1.165) is 0 Å². The molecule has 0 aliphatic heterocycles. The van der Waals surface area contributed by atoms with Crippen LogP contribution in [0.5, 0.6) is 17.2 Å². The molecule has 0 spiro atoms. The summed E-state index contributed by atoms with van der Waals surface area (Å²) in [6.45, 7) is 3.54. The number of esters is 1. The van der Waals surface area contributed by atoms with Gasteiger partial charge < -0.3 is 9.47 Å². The summed E-state index contributed by atoms with van der Waals surface area (Å²) in [5, 5.41) is 11.1. The Balaban J connectivity index is 2.37. The van der Waals surface area contributed by atoms with Gasteiger partial charge in [-0.15, -0.1) is 0 Å². The fourth-order valence-electron chi connectivity index (χ4n) is 2.08. The number of nitro groups is 1. The zero-order valence-corrected chi connectivity index (χ0v) is 15.1. The van der Waals surface area contributed by atoms with Gasteiger partial charge in [0.05, 0.1) is 15.0 Å². The monoisotopic (exact) mass is 383 g/mol. The van der Waals surface area contributed by atoms with Crippen LogP contribution < -0.4 is 9.47 Å².